The smallest absolute Gasteiger partial charge is 0.227 e. The highest BCUT2D eigenvalue weighted by Crippen LogP contribution is 2.19. The number of nitrogens with zero attached hydrogens (tertiary/aromatic N) is 4. The Morgan fingerprint density at radius 3 is 2.60 bits per heavy atom. The van der Waals surface area contributed by atoms with Crippen LogP contribution >= 0.6 is 0 Å². The third-order valence-electron chi connectivity index (χ3n) is 4.77. The summed E-state index contributed by atoms with van der Waals surface area (Å²) in [5.74, 6) is 0. The summed E-state index contributed by atoms with van der Waals surface area (Å²) in [5.41, 5.74) is 0.929. The second-order valence-corrected chi connectivity index (χ2v) is 8.72. The monoisotopic (exact) mass is 372 g/mol. The third-order valence-corrected chi connectivity index (χ3v) is 5.76. The van der Waals surface area contributed by atoms with E-state index in [0.29, 0.717) is 13.1 Å². The van der Waals surface area contributed by atoms with E-state index in [4.69, 9.17) is 4.74 Å². The zero-order valence-corrected chi connectivity index (χ0v) is 16.8. The SMILES string of the molecule is CCN(CC)CCN(C)Cc1cnc(S(C)(=O)=O)n1C[C@@H]1CCCO1. The fourth-order valence-corrected chi connectivity index (χ4v) is 4.05. The van der Waals surface area contributed by atoms with Crippen molar-refractivity contribution in [2.75, 3.05) is 46.1 Å². The second kappa shape index (κ2) is 9.12. The summed E-state index contributed by atoms with van der Waals surface area (Å²) in [4.78, 5) is 8.79. The number of sulfone groups is 1. The molecule has 144 valence electrons. The first kappa shape index (κ1) is 20.4. The molecule has 1 aromatic heterocycles. The van der Waals surface area contributed by atoms with E-state index < -0.39 is 9.84 Å². The number of hydrogen-bond donors (Lipinski definition) is 0. The summed E-state index contributed by atoms with van der Waals surface area (Å²) in [6, 6.07) is 0. The fraction of sp³-hybridized carbons (Fsp3) is 0.824. The van der Waals surface area contributed by atoms with Gasteiger partial charge in [-0.05, 0) is 33.0 Å². The Bertz CT molecular complexity index is 634. The minimum absolute atomic E-state index is 0.0782. The minimum atomic E-state index is -3.35. The fourth-order valence-electron chi connectivity index (χ4n) is 3.21. The molecule has 1 atom stereocenters. The zero-order chi connectivity index (χ0) is 18.4. The molecular weight excluding hydrogens is 340 g/mol. The van der Waals surface area contributed by atoms with Crippen LogP contribution in [0.5, 0.6) is 0 Å². The molecule has 2 rings (SSSR count). The summed E-state index contributed by atoms with van der Waals surface area (Å²) in [5, 5.41) is 0.148. The molecule has 25 heavy (non-hydrogen) atoms. The highest BCUT2D eigenvalue weighted by molar-refractivity contribution is 7.90. The molecule has 1 aliphatic heterocycles. The minimum Gasteiger partial charge on any atom is -0.376 e. The summed E-state index contributed by atoms with van der Waals surface area (Å²) in [7, 11) is -1.29. The van der Waals surface area contributed by atoms with Crippen LogP contribution in [0.1, 0.15) is 32.4 Å². The molecule has 0 amide bonds. The number of likely N-dealkylation sites (N-methyl/N-ethyl adjacent to an activating group) is 2. The van der Waals surface area contributed by atoms with E-state index in [0.717, 1.165) is 51.3 Å². The van der Waals surface area contributed by atoms with Gasteiger partial charge in [-0.2, -0.15) is 0 Å². The van der Waals surface area contributed by atoms with Crippen LogP contribution in [0.4, 0.5) is 0 Å². The van der Waals surface area contributed by atoms with Gasteiger partial charge in [0.15, 0.2) is 0 Å². The van der Waals surface area contributed by atoms with Gasteiger partial charge in [0, 0.05) is 32.5 Å². The molecule has 2 heterocycles. The van der Waals surface area contributed by atoms with Crippen molar-refractivity contribution < 1.29 is 13.2 Å². The first-order chi connectivity index (χ1) is 11.8. The van der Waals surface area contributed by atoms with E-state index in [9.17, 15) is 8.42 Å². The summed E-state index contributed by atoms with van der Waals surface area (Å²) < 4.78 is 31.7. The van der Waals surface area contributed by atoms with Gasteiger partial charge in [0.05, 0.1) is 24.5 Å². The van der Waals surface area contributed by atoms with Crippen molar-refractivity contribution in [3.8, 4) is 0 Å². The molecule has 7 nitrogen and oxygen atoms in total. The molecule has 1 aromatic rings. The predicted octanol–water partition coefficient (Wildman–Crippen LogP) is 1.24. The molecule has 0 bridgehead atoms. The van der Waals surface area contributed by atoms with Gasteiger partial charge in [-0.3, -0.25) is 4.90 Å². The van der Waals surface area contributed by atoms with Crippen molar-refractivity contribution in [1.29, 1.82) is 0 Å². The Labute approximate surface area is 151 Å². The Morgan fingerprint density at radius 1 is 1.32 bits per heavy atom. The van der Waals surface area contributed by atoms with E-state index in [-0.39, 0.29) is 11.3 Å². The van der Waals surface area contributed by atoms with Gasteiger partial charge in [-0.25, -0.2) is 13.4 Å². The number of rotatable bonds is 10. The van der Waals surface area contributed by atoms with Gasteiger partial charge in [0.25, 0.3) is 0 Å². The molecule has 0 N–H and O–H groups in total. The first-order valence-corrected chi connectivity index (χ1v) is 11.0. The van der Waals surface area contributed by atoms with Crippen molar-refractivity contribution in [2.24, 2.45) is 0 Å². The predicted molar refractivity (Wildman–Crippen MR) is 98.4 cm³/mol. The molecule has 0 aromatic carbocycles. The van der Waals surface area contributed by atoms with Gasteiger partial charge in [0.1, 0.15) is 0 Å². The highest BCUT2D eigenvalue weighted by atomic mass is 32.2. The van der Waals surface area contributed by atoms with Gasteiger partial charge >= 0.3 is 0 Å². The van der Waals surface area contributed by atoms with Crippen LogP contribution in [0.3, 0.4) is 0 Å². The number of aromatic nitrogens is 2. The lowest BCUT2D eigenvalue weighted by molar-refractivity contribution is 0.0934. The molecule has 0 saturated carbocycles. The molecule has 1 saturated heterocycles. The third kappa shape index (κ3) is 5.77. The first-order valence-electron chi connectivity index (χ1n) is 9.12. The van der Waals surface area contributed by atoms with Crippen LogP contribution in [0.25, 0.3) is 0 Å². The Hall–Kier alpha value is -0.960. The number of imidazole rings is 1. The quantitative estimate of drug-likeness (QED) is 0.616. The average molecular weight is 373 g/mol. The van der Waals surface area contributed by atoms with E-state index in [1.54, 1.807) is 6.20 Å². The lowest BCUT2D eigenvalue weighted by Gasteiger charge is -2.24. The van der Waals surface area contributed by atoms with E-state index in [1.165, 1.54) is 6.26 Å². The lowest BCUT2D eigenvalue weighted by Crippen LogP contribution is -2.33. The normalized spacial score (nSPS) is 18.6. The molecule has 1 fully saturated rings. The topological polar surface area (TPSA) is 67.7 Å². The molecule has 0 spiro atoms. The van der Waals surface area contributed by atoms with Gasteiger partial charge in [-0.15, -0.1) is 0 Å². The lowest BCUT2D eigenvalue weighted by atomic mass is 10.2. The summed E-state index contributed by atoms with van der Waals surface area (Å²) >= 11 is 0. The Kier molecular flexibility index (Phi) is 7.42. The van der Waals surface area contributed by atoms with Crippen LogP contribution in [-0.4, -0.2) is 80.0 Å². The van der Waals surface area contributed by atoms with Crippen molar-refractivity contribution in [2.45, 2.75) is 51.0 Å². The largest absolute Gasteiger partial charge is 0.376 e. The van der Waals surface area contributed by atoms with Crippen molar-refractivity contribution >= 4 is 9.84 Å². The van der Waals surface area contributed by atoms with Gasteiger partial charge in [0.2, 0.25) is 15.0 Å². The standard InChI is InChI=1S/C17H32N4O3S/c1-5-20(6-2)10-9-19(3)13-15-12-18-17(25(4,22)23)21(15)14-16-8-7-11-24-16/h12,16H,5-11,13-14H2,1-4H3/t16-/m0/s1. The summed E-state index contributed by atoms with van der Waals surface area (Å²) in [6.07, 6.45) is 4.99. The highest BCUT2D eigenvalue weighted by Gasteiger charge is 2.24. The maximum absolute atomic E-state index is 12.1. The zero-order valence-electron chi connectivity index (χ0n) is 15.9. The van der Waals surface area contributed by atoms with Gasteiger partial charge in [-0.1, -0.05) is 13.8 Å². The second-order valence-electron chi connectivity index (χ2n) is 6.81. The van der Waals surface area contributed by atoms with E-state index >= 15 is 0 Å². The molecule has 0 unspecified atom stereocenters. The average Bonchev–Trinajstić information content (AvgIpc) is 3.19. The maximum Gasteiger partial charge on any atom is 0.227 e. The van der Waals surface area contributed by atoms with Crippen molar-refractivity contribution in [3.05, 3.63) is 11.9 Å². The van der Waals surface area contributed by atoms with Crippen LogP contribution in [-0.2, 0) is 27.7 Å². The van der Waals surface area contributed by atoms with Crippen LogP contribution < -0.4 is 0 Å². The number of ether oxygens (including phenoxy) is 1. The maximum atomic E-state index is 12.1. The van der Waals surface area contributed by atoms with Crippen LogP contribution in [0.2, 0.25) is 0 Å². The molecule has 0 aliphatic carbocycles. The number of hydrogen-bond acceptors (Lipinski definition) is 6. The molecular formula is C17H32N4O3S. The van der Waals surface area contributed by atoms with Gasteiger partial charge < -0.3 is 14.2 Å². The van der Waals surface area contributed by atoms with E-state index in [1.807, 2.05) is 4.57 Å². The Morgan fingerprint density at radius 2 is 2.04 bits per heavy atom. The van der Waals surface area contributed by atoms with Crippen molar-refractivity contribution in [1.82, 2.24) is 19.4 Å². The molecule has 0 radical (unpaired) electrons. The van der Waals surface area contributed by atoms with E-state index in [2.05, 4.69) is 35.7 Å². The molecule has 1 aliphatic rings. The van der Waals surface area contributed by atoms with Crippen molar-refractivity contribution in [3.63, 3.8) is 0 Å². The van der Waals surface area contributed by atoms with Crippen LogP contribution in [0, 0.1) is 0 Å². The van der Waals surface area contributed by atoms with Crippen LogP contribution in [0.15, 0.2) is 11.4 Å². The summed E-state index contributed by atoms with van der Waals surface area (Å²) in [6.45, 7) is 10.3. The Balaban J connectivity index is 2.09. The molecule has 8 heteroatoms.